The van der Waals surface area contributed by atoms with Crippen molar-refractivity contribution in [2.45, 2.75) is 0 Å². The molecule has 1 aromatic heterocycles. The molecule has 0 radical (unpaired) electrons. The van der Waals surface area contributed by atoms with Crippen molar-refractivity contribution in [3.05, 3.63) is 48.5 Å². The van der Waals surface area contributed by atoms with Gasteiger partial charge in [-0.3, -0.25) is 0 Å². The molecule has 0 aliphatic rings. The first kappa shape index (κ1) is 12.5. The van der Waals surface area contributed by atoms with E-state index in [4.69, 9.17) is 14.9 Å². The number of nitrogens with zero attached hydrogens (tertiary/aromatic N) is 1. The van der Waals surface area contributed by atoms with Crippen LogP contribution in [-0.2, 0) is 0 Å². The highest BCUT2D eigenvalue weighted by Gasteiger charge is 2.04. The Morgan fingerprint density at radius 3 is 2.65 bits per heavy atom. The number of ether oxygens (including phenoxy) is 1. The van der Waals surface area contributed by atoms with E-state index in [9.17, 15) is 0 Å². The van der Waals surface area contributed by atoms with Crippen LogP contribution in [0.4, 0.5) is 11.7 Å². The van der Waals surface area contributed by atoms with Gasteiger partial charge in [0, 0.05) is 12.2 Å². The van der Waals surface area contributed by atoms with Gasteiger partial charge >= 0.3 is 0 Å². The molecule has 0 bridgehead atoms. The molecule has 20 heavy (non-hydrogen) atoms. The molecule has 0 aliphatic carbocycles. The van der Waals surface area contributed by atoms with E-state index in [0.29, 0.717) is 19.2 Å². The normalized spacial score (nSPS) is 10.7. The molecule has 102 valence electrons. The Morgan fingerprint density at radius 1 is 1.10 bits per heavy atom. The lowest BCUT2D eigenvalue weighted by Gasteiger charge is -2.05. The Balaban J connectivity index is 1.73. The lowest BCUT2D eigenvalue weighted by Crippen LogP contribution is -2.10. The van der Waals surface area contributed by atoms with Crippen LogP contribution in [0.2, 0.25) is 0 Å². The van der Waals surface area contributed by atoms with E-state index in [2.05, 4.69) is 10.3 Å². The fourth-order valence-electron chi connectivity index (χ4n) is 1.86. The van der Waals surface area contributed by atoms with Crippen LogP contribution in [0, 0.1) is 0 Å². The van der Waals surface area contributed by atoms with Gasteiger partial charge in [-0.2, -0.15) is 4.98 Å². The minimum atomic E-state index is 0.474. The van der Waals surface area contributed by atoms with Gasteiger partial charge in [-0.25, -0.2) is 0 Å². The van der Waals surface area contributed by atoms with Crippen molar-refractivity contribution in [3.8, 4) is 5.75 Å². The Morgan fingerprint density at radius 2 is 1.90 bits per heavy atom. The molecule has 0 saturated heterocycles. The van der Waals surface area contributed by atoms with Crippen LogP contribution in [-0.4, -0.2) is 18.1 Å². The quantitative estimate of drug-likeness (QED) is 0.745. The zero-order valence-corrected chi connectivity index (χ0v) is 10.9. The molecule has 0 aliphatic heterocycles. The summed E-state index contributed by atoms with van der Waals surface area (Å²) in [5.41, 5.74) is 7.87. The standard InChI is InChI=1S/C15H15N3O2/c16-9-10-19-12-7-5-11(6-8-12)17-15-18-13-3-1-2-4-14(13)20-15/h1-8H,9-10,16H2,(H,17,18). The molecule has 3 rings (SSSR count). The summed E-state index contributed by atoms with van der Waals surface area (Å²) in [4.78, 5) is 4.35. The zero-order chi connectivity index (χ0) is 13.8. The van der Waals surface area contributed by atoms with Gasteiger partial charge in [0.2, 0.25) is 0 Å². The predicted molar refractivity (Wildman–Crippen MR) is 78.3 cm³/mol. The number of anilines is 2. The van der Waals surface area contributed by atoms with Crippen LogP contribution < -0.4 is 15.8 Å². The van der Waals surface area contributed by atoms with Gasteiger partial charge in [-0.15, -0.1) is 0 Å². The number of hydrogen-bond donors (Lipinski definition) is 2. The number of fused-ring (bicyclic) bond motifs is 1. The van der Waals surface area contributed by atoms with Crippen molar-refractivity contribution in [1.82, 2.24) is 4.98 Å². The van der Waals surface area contributed by atoms with E-state index < -0.39 is 0 Å². The molecule has 0 saturated carbocycles. The predicted octanol–water partition coefficient (Wildman–Crippen LogP) is 2.91. The van der Waals surface area contributed by atoms with Crippen LogP contribution in [0.15, 0.2) is 52.9 Å². The zero-order valence-electron chi connectivity index (χ0n) is 10.9. The number of aromatic nitrogens is 1. The molecule has 0 spiro atoms. The summed E-state index contributed by atoms with van der Waals surface area (Å²) in [7, 11) is 0. The molecule has 3 aromatic rings. The highest BCUT2D eigenvalue weighted by atomic mass is 16.5. The number of rotatable bonds is 5. The number of para-hydroxylation sites is 2. The van der Waals surface area contributed by atoms with E-state index in [1.54, 1.807) is 0 Å². The van der Waals surface area contributed by atoms with E-state index in [-0.39, 0.29) is 0 Å². The topological polar surface area (TPSA) is 73.3 Å². The third-order valence-electron chi connectivity index (χ3n) is 2.79. The van der Waals surface area contributed by atoms with Gasteiger partial charge in [-0.05, 0) is 36.4 Å². The first-order valence-electron chi connectivity index (χ1n) is 6.41. The van der Waals surface area contributed by atoms with Crippen LogP contribution in [0.1, 0.15) is 0 Å². The Hall–Kier alpha value is -2.53. The smallest absolute Gasteiger partial charge is 0.300 e. The Bertz CT molecular complexity index is 659. The van der Waals surface area contributed by atoms with Crippen LogP contribution in [0.3, 0.4) is 0 Å². The van der Waals surface area contributed by atoms with E-state index in [1.165, 1.54) is 0 Å². The van der Waals surface area contributed by atoms with Crippen molar-refractivity contribution in [2.75, 3.05) is 18.5 Å². The Kier molecular flexibility index (Phi) is 3.52. The van der Waals surface area contributed by atoms with E-state index >= 15 is 0 Å². The van der Waals surface area contributed by atoms with Gasteiger partial charge < -0.3 is 20.2 Å². The second-order valence-corrected chi connectivity index (χ2v) is 4.27. The van der Waals surface area contributed by atoms with Crippen molar-refractivity contribution in [1.29, 1.82) is 0 Å². The maximum absolute atomic E-state index is 5.60. The summed E-state index contributed by atoms with van der Waals surface area (Å²) >= 11 is 0. The molecule has 5 heteroatoms. The average Bonchev–Trinajstić information content (AvgIpc) is 2.89. The fourth-order valence-corrected chi connectivity index (χ4v) is 1.86. The van der Waals surface area contributed by atoms with Crippen LogP contribution in [0.25, 0.3) is 11.1 Å². The average molecular weight is 269 g/mol. The fraction of sp³-hybridized carbons (Fsp3) is 0.133. The SMILES string of the molecule is NCCOc1ccc(Nc2nc3ccccc3o2)cc1. The second kappa shape index (κ2) is 5.63. The molecule has 3 N–H and O–H groups in total. The molecule has 5 nitrogen and oxygen atoms in total. The van der Waals surface area contributed by atoms with Crippen molar-refractivity contribution >= 4 is 22.8 Å². The maximum atomic E-state index is 5.60. The number of hydrogen-bond acceptors (Lipinski definition) is 5. The molecule has 1 heterocycles. The highest BCUT2D eigenvalue weighted by molar-refractivity contribution is 5.75. The molecule has 0 unspecified atom stereocenters. The first-order valence-corrected chi connectivity index (χ1v) is 6.41. The monoisotopic (exact) mass is 269 g/mol. The molecular weight excluding hydrogens is 254 g/mol. The number of nitrogens with two attached hydrogens (primary N) is 1. The van der Waals surface area contributed by atoms with Crippen LogP contribution in [0.5, 0.6) is 5.75 Å². The summed E-state index contributed by atoms with van der Waals surface area (Å²) in [5.74, 6) is 0.790. The Labute approximate surface area is 116 Å². The minimum Gasteiger partial charge on any atom is -0.492 e. The van der Waals surface area contributed by atoms with Gasteiger partial charge in [0.05, 0.1) is 0 Å². The van der Waals surface area contributed by atoms with E-state index in [1.807, 2.05) is 48.5 Å². The van der Waals surface area contributed by atoms with Crippen molar-refractivity contribution in [2.24, 2.45) is 5.73 Å². The lowest BCUT2D eigenvalue weighted by molar-refractivity contribution is 0.328. The summed E-state index contributed by atoms with van der Waals surface area (Å²) in [5, 5.41) is 3.12. The van der Waals surface area contributed by atoms with Crippen LogP contribution >= 0.6 is 0 Å². The van der Waals surface area contributed by atoms with Gasteiger partial charge in [0.15, 0.2) is 5.58 Å². The summed E-state index contributed by atoms with van der Waals surface area (Å²) in [6, 6.07) is 15.7. The summed E-state index contributed by atoms with van der Waals surface area (Å²) in [6.07, 6.45) is 0. The van der Waals surface area contributed by atoms with Gasteiger partial charge in [-0.1, -0.05) is 12.1 Å². The molecule has 2 aromatic carbocycles. The molecule has 0 fully saturated rings. The third-order valence-corrected chi connectivity index (χ3v) is 2.79. The highest BCUT2D eigenvalue weighted by Crippen LogP contribution is 2.23. The second-order valence-electron chi connectivity index (χ2n) is 4.27. The molecule has 0 amide bonds. The lowest BCUT2D eigenvalue weighted by atomic mass is 10.3. The van der Waals surface area contributed by atoms with Crippen molar-refractivity contribution in [3.63, 3.8) is 0 Å². The first-order chi connectivity index (χ1) is 9.85. The molecular formula is C15H15N3O2. The maximum Gasteiger partial charge on any atom is 0.300 e. The number of benzene rings is 2. The van der Waals surface area contributed by atoms with Gasteiger partial charge in [0.1, 0.15) is 17.9 Å². The van der Waals surface area contributed by atoms with Gasteiger partial charge in [0.25, 0.3) is 6.01 Å². The largest absolute Gasteiger partial charge is 0.492 e. The third kappa shape index (κ3) is 2.73. The number of oxazole rings is 1. The van der Waals surface area contributed by atoms with E-state index in [0.717, 1.165) is 22.5 Å². The summed E-state index contributed by atoms with van der Waals surface area (Å²) in [6.45, 7) is 1.01. The van der Waals surface area contributed by atoms with Crippen molar-refractivity contribution < 1.29 is 9.15 Å². The number of nitrogens with one attached hydrogen (secondary N) is 1. The minimum absolute atomic E-state index is 0.474. The molecule has 0 atom stereocenters. The summed E-state index contributed by atoms with van der Waals surface area (Å²) < 4.78 is 11.0.